The number of halogens is 1. The zero-order chi connectivity index (χ0) is 21.2. The van der Waals surface area contributed by atoms with Gasteiger partial charge in [-0.3, -0.25) is 4.79 Å². The van der Waals surface area contributed by atoms with Gasteiger partial charge in [-0.1, -0.05) is 23.7 Å². The van der Waals surface area contributed by atoms with Gasteiger partial charge in [-0.15, -0.1) is 0 Å². The van der Waals surface area contributed by atoms with Crippen molar-refractivity contribution >= 4 is 35.2 Å². The van der Waals surface area contributed by atoms with E-state index in [0.29, 0.717) is 27.8 Å². The fraction of sp³-hybridized carbons (Fsp3) is 0.190. The van der Waals surface area contributed by atoms with Gasteiger partial charge in [0.25, 0.3) is 5.91 Å². The first-order valence-electron chi connectivity index (χ1n) is 8.62. The van der Waals surface area contributed by atoms with Gasteiger partial charge in [-0.2, -0.15) is 5.26 Å². The van der Waals surface area contributed by atoms with Crippen molar-refractivity contribution in [1.29, 1.82) is 5.26 Å². The van der Waals surface area contributed by atoms with Gasteiger partial charge in [0.1, 0.15) is 11.6 Å². The Morgan fingerprint density at radius 1 is 1.21 bits per heavy atom. The Hall–Kier alpha value is -3.50. The van der Waals surface area contributed by atoms with Crippen molar-refractivity contribution in [3.05, 3.63) is 58.6 Å². The first kappa shape index (κ1) is 21.8. The van der Waals surface area contributed by atoms with Crippen LogP contribution in [-0.4, -0.2) is 32.2 Å². The van der Waals surface area contributed by atoms with E-state index in [4.69, 9.17) is 25.8 Å². The first-order chi connectivity index (χ1) is 14.0. The molecule has 7 nitrogen and oxygen atoms in total. The Balaban J connectivity index is 2.16. The third-order valence-electron chi connectivity index (χ3n) is 3.60. The lowest BCUT2D eigenvalue weighted by Crippen LogP contribution is -2.15. The Labute approximate surface area is 173 Å². The molecule has 150 valence electrons. The number of esters is 1. The van der Waals surface area contributed by atoms with Crippen molar-refractivity contribution in [3.8, 4) is 17.6 Å². The van der Waals surface area contributed by atoms with Gasteiger partial charge >= 0.3 is 5.97 Å². The van der Waals surface area contributed by atoms with Crippen LogP contribution in [0, 0.1) is 11.3 Å². The predicted molar refractivity (Wildman–Crippen MR) is 109 cm³/mol. The highest BCUT2D eigenvalue weighted by Gasteiger charge is 2.12. The van der Waals surface area contributed by atoms with Gasteiger partial charge in [0.15, 0.2) is 18.1 Å². The number of benzene rings is 2. The van der Waals surface area contributed by atoms with Gasteiger partial charge in [-0.05, 0) is 48.9 Å². The van der Waals surface area contributed by atoms with Crippen LogP contribution in [0.4, 0.5) is 5.69 Å². The average molecular weight is 415 g/mol. The molecule has 0 radical (unpaired) electrons. The second-order valence-corrected chi connectivity index (χ2v) is 6.07. The van der Waals surface area contributed by atoms with Gasteiger partial charge in [0.2, 0.25) is 0 Å². The highest BCUT2D eigenvalue weighted by Crippen LogP contribution is 2.29. The molecule has 0 fully saturated rings. The molecule has 8 heteroatoms. The lowest BCUT2D eigenvalue weighted by atomic mass is 10.1. The maximum atomic E-state index is 12.4. The van der Waals surface area contributed by atoms with Crippen LogP contribution in [0.15, 0.2) is 48.0 Å². The van der Waals surface area contributed by atoms with E-state index < -0.39 is 11.9 Å². The molecular formula is C21H19ClN2O5. The molecule has 0 atom stereocenters. The van der Waals surface area contributed by atoms with Crippen molar-refractivity contribution in [1.82, 2.24) is 0 Å². The van der Waals surface area contributed by atoms with Crippen LogP contribution in [-0.2, 0) is 14.3 Å². The molecule has 0 heterocycles. The van der Waals surface area contributed by atoms with Crippen molar-refractivity contribution in [3.63, 3.8) is 0 Å². The van der Waals surface area contributed by atoms with Gasteiger partial charge < -0.3 is 19.5 Å². The van der Waals surface area contributed by atoms with Crippen LogP contribution < -0.4 is 14.8 Å². The van der Waals surface area contributed by atoms with Crippen LogP contribution in [0.5, 0.6) is 11.5 Å². The van der Waals surface area contributed by atoms with Crippen molar-refractivity contribution in [2.45, 2.75) is 6.92 Å². The van der Waals surface area contributed by atoms with Crippen molar-refractivity contribution in [2.75, 3.05) is 25.6 Å². The topological polar surface area (TPSA) is 97.7 Å². The van der Waals surface area contributed by atoms with E-state index in [1.54, 1.807) is 49.4 Å². The Morgan fingerprint density at radius 2 is 2.00 bits per heavy atom. The Bertz CT molecular complexity index is 966. The number of hydrogen-bond acceptors (Lipinski definition) is 6. The van der Waals surface area contributed by atoms with E-state index >= 15 is 0 Å². The summed E-state index contributed by atoms with van der Waals surface area (Å²) in [6, 6.07) is 13.3. The summed E-state index contributed by atoms with van der Waals surface area (Å²) in [4.78, 5) is 23.8. The SMILES string of the molecule is CCOC(=O)COc1ccc(/C=C(\C#N)C(=O)Nc2cccc(Cl)c2)cc1OC. The monoisotopic (exact) mass is 414 g/mol. The lowest BCUT2D eigenvalue weighted by molar-refractivity contribution is -0.145. The van der Waals surface area contributed by atoms with Crippen molar-refractivity contribution < 1.29 is 23.8 Å². The van der Waals surface area contributed by atoms with E-state index in [9.17, 15) is 14.9 Å². The molecule has 0 spiro atoms. The summed E-state index contributed by atoms with van der Waals surface area (Å²) < 4.78 is 15.5. The zero-order valence-electron chi connectivity index (χ0n) is 15.9. The minimum Gasteiger partial charge on any atom is -0.493 e. The molecule has 2 rings (SSSR count). The summed E-state index contributed by atoms with van der Waals surface area (Å²) in [5.41, 5.74) is 0.916. The fourth-order valence-electron chi connectivity index (χ4n) is 2.31. The van der Waals surface area contributed by atoms with E-state index in [1.165, 1.54) is 13.2 Å². The van der Waals surface area contributed by atoms with E-state index in [2.05, 4.69) is 5.32 Å². The lowest BCUT2D eigenvalue weighted by Gasteiger charge is -2.11. The zero-order valence-corrected chi connectivity index (χ0v) is 16.7. The molecule has 0 aliphatic carbocycles. The second kappa shape index (κ2) is 10.7. The fourth-order valence-corrected chi connectivity index (χ4v) is 2.50. The maximum Gasteiger partial charge on any atom is 0.344 e. The number of nitrogens with zero attached hydrogens (tertiary/aromatic N) is 1. The maximum absolute atomic E-state index is 12.4. The average Bonchev–Trinajstić information content (AvgIpc) is 2.70. The number of amides is 1. The third kappa shape index (κ3) is 6.55. The van der Waals surface area contributed by atoms with E-state index in [0.717, 1.165) is 0 Å². The first-order valence-corrected chi connectivity index (χ1v) is 8.99. The molecular weight excluding hydrogens is 396 g/mol. The standard InChI is InChI=1S/C21H19ClN2O5/c1-3-28-20(25)13-29-18-8-7-14(10-19(18)27-2)9-15(12-23)21(26)24-17-6-4-5-16(22)11-17/h4-11H,3,13H2,1-2H3,(H,24,26)/b15-9+. The molecule has 2 aromatic carbocycles. The molecule has 0 aliphatic rings. The minimum absolute atomic E-state index is 0.104. The summed E-state index contributed by atoms with van der Waals surface area (Å²) in [5.74, 6) is -0.394. The highest BCUT2D eigenvalue weighted by atomic mass is 35.5. The largest absolute Gasteiger partial charge is 0.493 e. The molecule has 0 aliphatic heterocycles. The van der Waals surface area contributed by atoms with Crippen molar-refractivity contribution in [2.24, 2.45) is 0 Å². The number of nitrogens with one attached hydrogen (secondary N) is 1. The van der Waals surface area contributed by atoms with Gasteiger partial charge in [-0.25, -0.2) is 4.79 Å². The molecule has 1 N–H and O–H groups in total. The quantitative estimate of drug-likeness (QED) is 0.400. The summed E-state index contributed by atoms with van der Waals surface area (Å²) >= 11 is 5.90. The summed E-state index contributed by atoms with van der Waals surface area (Å²) in [6.45, 7) is 1.71. The molecule has 0 unspecified atom stereocenters. The normalized spacial score (nSPS) is 10.6. The van der Waals surface area contributed by atoms with Crippen LogP contribution in [0.3, 0.4) is 0 Å². The van der Waals surface area contributed by atoms with E-state index in [-0.39, 0.29) is 18.8 Å². The predicted octanol–water partition coefficient (Wildman–Crippen LogP) is 3.84. The molecule has 2 aromatic rings. The summed E-state index contributed by atoms with van der Waals surface area (Å²) in [7, 11) is 1.44. The van der Waals surface area contributed by atoms with Crippen LogP contribution in [0.2, 0.25) is 5.02 Å². The van der Waals surface area contributed by atoms with Crippen LogP contribution in [0.25, 0.3) is 6.08 Å². The molecule has 0 bridgehead atoms. The Kier molecular flexibility index (Phi) is 8.07. The number of methoxy groups -OCH3 is 1. The molecule has 0 saturated carbocycles. The number of ether oxygens (including phenoxy) is 3. The van der Waals surface area contributed by atoms with E-state index in [1.807, 2.05) is 6.07 Å². The number of rotatable bonds is 8. The van der Waals surface area contributed by atoms with Gasteiger partial charge in [0.05, 0.1) is 13.7 Å². The highest BCUT2D eigenvalue weighted by molar-refractivity contribution is 6.31. The third-order valence-corrected chi connectivity index (χ3v) is 3.83. The molecule has 0 aromatic heterocycles. The minimum atomic E-state index is -0.573. The number of carbonyl (C=O) groups is 2. The van der Waals surface area contributed by atoms with Crippen LogP contribution in [0.1, 0.15) is 12.5 Å². The smallest absolute Gasteiger partial charge is 0.344 e. The summed E-state index contributed by atoms with van der Waals surface area (Å²) in [6.07, 6.45) is 1.41. The number of nitriles is 1. The number of hydrogen-bond donors (Lipinski definition) is 1. The molecule has 0 saturated heterocycles. The molecule has 1 amide bonds. The summed E-state index contributed by atoms with van der Waals surface area (Å²) in [5, 5.41) is 12.4. The van der Waals surface area contributed by atoms with Gasteiger partial charge in [0, 0.05) is 10.7 Å². The molecule has 29 heavy (non-hydrogen) atoms. The number of anilines is 1. The number of carbonyl (C=O) groups excluding carboxylic acids is 2. The van der Waals surface area contributed by atoms with Crippen LogP contribution >= 0.6 is 11.6 Å². The second-order valence-electron chi connectivity index (χ2n) is 5.64. The Morgan fingerprint density at radius 3 is 2.66 bits per heavy atom.